The highest BCUT2D eigenvalue weighted by atomic mass is 16.6. The minimum atomic E-state index is -0.0706. The predicted octanol–water partition coefficient (Wildman–Crippen LogP) is 1.67. The Bertz CT molecular complexity index is 130. The zero-order valence-corrected chi connectivity index (χ0v) is 5.86. The Balaban J connectivity index is 2.39. The molecule has 0 atom stereocenters. The molecule has 0 spiro atoms. The molecule has 1 aliphatic rings. The van der Waals surface area contributed by atoms with Crippen molar-refractivity contribution in [3.63, 3.8) is 0 Å². The molecule has 0 unspecified atom stereocenters. The van der Waals surface area contributed by atoms with Crippen molar-refractivity contribution in [2.75, 3.05) is 0 Å². The van der Waals surface area contributed by atoms with Crippen molar-refractivity contribution in [2.45, 2.75) is 38.1 Å². The second-order valence-electron chi connectivity index (χ2n) is 2.68. The van der Waals surface area contributed by atoms with Crippen LogP contribution in [-0.2, 0) is 0 Å². The van der Waals surface area contributed by atoms with Gasteiger partial charge in [-0.1, -0.05) is 11.3 Å². The zero-order chi connectivity index (χ0) is 7.40. The summed E-state index contributed by atoms with van der Waals surface area (Å²) in [5.74, 6) is 0. The van der Waals surface area contributed by atoms with E-state index in [-0.39, 0.29) is 6.04 Å². The van der Waals surface area contributed by atoms with Crippen molar-refractivity contribution in [2.24, 2.45) is 5.28 Å². The van der Waals surface area contributed by atoms with E-state index in [1.54, 1.807) is 0 Å². The van der Waals surface area contributed by atoms with Crippen molar-refractivity contribution in [1.29, 1.82) is 0 Å². The molecule has 1 fully saturated rings. The number of rotatable bonds is 1. The van der Waals surface area contributed by atoms with Crippen molar-refractivity contribution in [3.8, 4) is 0 Å². The zero-order valence-electron chi connectivity index (χ0n) is 5.86. The third kappa shape index (κ3) is 1.59. The Morgan fingerprint density at radius 1 is 1.30 bits per heavy atom. The lowest BCUT2D eigenvalue weighted by Crippen LogP contribution is -2.22. The van der Waals surface area contributed by atoms with Gasteiger partial charge in [0, 0.05) is 12.8 Å². The molecule has 0 aromatic carbocycles. The fourth-order valence-corrected chi connectivity index (χ4v) is 1.37. The molecule has 4 nitrogen and oxygen atoms in total. The summed E-state index contributed by atoms with van der Waals surface area (Å²) in [4.78, 5) is 0.416. The van der Waals surface area contributed by atoms with Crippen LogP contribution in [0.5, 0.6) is 0 Å². The van der Waals surface area contributed by atoms with Crippen molar-refractivity contribution in [1.82, 2.24) is 0 Å². The summed E-state index contributed by atoms with van der Waals surface area (Å²) in [6, 6.07) is -0.0706. The number of hydrogen-bond donors (Lipinski definition) is 1. The maximum Gasteiger partial charge on any atom is 0.197 e. The molecule has 0 aliphatic heterocycles. The first kappa shape index (κ1) is 7.31. The SMILES string of the molecule is [O-]/[N+](=N\O)C1CCCCC1. The van der Waals surface area contributed by atoms with E-state index in [2.05, 4.69) is 5.28 Å². The molecule has 10 heavy (non-hydrogen) atoms. The predicted molar refractivity (Wildman–Crippen MR) is 34.7 cm³/mol. The summed E-state index contributed by atoms with van der Waals surface area (Å²) < 4.78 is 0. The molecule has 1 saturated carbocycles. The quantitative estimate of drug-likeness (QED) is 0.345. The monoisotopic (exact) mass is 144 g/mol. The van der Waals surface area contributed by atoms with E-state index in [1.165, 1.54) is 6.42 Å². The Kier molecular flexibility index (Phi) is 2.48. The smallest absolute Gasteiger partial charge is 0.197 e. The molecular weight excluding hydrogens is 132 g/mol. The van der Waals surface area contributed by atoms with Crippen LogP contribution in [0.4, 0.5) is 0 Å². The number of hydroxylamine groups is 1. The standard InChI is InChI=1S/C6H12N2O2/c9-7-8(10)6-4-2-1-3-5-6/h6,9H,1-5H2/b8-7-. The Hall–Kier alpha value is -0.800. The van der Waals surface area contributed by atoms with Crippen molar-refractivity contribution >= 4 is 0 Å². The highest BCUT2D eigenvalue weighted by Crippen LogP contribution is 2.19. The van der Waals surface area contributed by atoms with Gasteiger partial charge < -0.3 is 10.4 Å². The first-order valence-electron chi connectivity index (χ1n) is 3.66. The summed E-state index contributed by atoms with van der Waals surface area (Å²) in [7, 11) is 0. The van der Waals surface area contributed by atoms with Gasteiger partial charge in [-0.25, -0.2) is 0 Å². The van der Waals surface area contributed by atoms with Gasteiger partial charge >= 0.3 is 0 Å². The van der Waals surface area contributed by atoms with Gasteiger partial charge in [0.05, 0.1) is 0 Å². The summed E-state index contributed by atoms with van der Waals surface area (Å²) in [6.07, 6.45) is 5.11. The van der Waals surface area contributed by atoms with Gasteiger partial charge in [-0.05, 0) is 12.8 Å². The molecular formula is C6H12N2O2. The summed E-state index contributed by atoms with van der Waals surface area (Å²) >= 11 is 0. The first-order valence-corrected chi connectivity index (χ1v) is 3.66. The molecule has 0 amide bonds. The minimum Gasteiger partial charge on any atom is -0.597 e. The second-order valence-corrected chi connectivity index (χ2v) is 2.68. The topological polar surface area (TPSA) is 58.7 Å². The van der Waals surface area contributed by atoms with Crippen LogP contribution in [0, 0.1) is 5.21 Å². The molecule has 1 N–H and O–H groups in total. The minimum absolute atomic E-state index is 0.0706. The summed E-state index contributed by atoms with van der Waals surface area (Å²) in [5.41, 5.74) is 0. The molecule has 4 heteroatoms. The van der Waals surface area contributed by atoms with Crippen molar-refractivity contribution in [3.05, 3.63) is 5.21 Å². The Morgan fingerprint density at radius 2 is 1.90 bits per heavy atom. The van der Waals surface area contributed by atoms with Crippen LogP contribution in [-0.4, -0.2) is 16.1 Å². The highest BCUT2D eigenvalue weighted by molar-refractivity contribution is 4.62. The molecule has 0 heterocycles. The molecule has 0 radical (unpaired) electrons. The fraction of sp³-hybridized carbons (Fsp3) is 1.00. The molecule has 0 aromatic heterocycles. The first-order chi connectivity index (χ1) is 4.84. The summed E-state index contributed by atoms with van der Waals surface area (Å²) in [6.45, 7) is 0. The molecule has 1 aliphatic carbocycles. The molecule has 0 saturated heterocycles. The van der Waals surface area contributed by atoms with Gasteiger partial charge in [0.25, 0.3) is 0 Å². The van der Waals surface area contributed by atoms with Gasteiger partial charge in [0.2, 0.25) is 0 Å². The van der Waals surface area contributed by atoms with Crippen LogP contribution in [0.1, 0.15) is 32.1 Å². The van der Waals surface area contributed by atoms with Crippen molar-refractivity contribution < 1.29 is 10.1 Å². The molecule has 58 valence electrons. The van der Waals surface area contributed by atoms with Crippen LogP contribution in [0.2, 0.25) is 0 Å². The maximum absolute atomic E-state index is 10.7. The van der Waals surface area contributed by atoms with Crippen LogP contribution < -0.4 is 0 Å². The van der Waals surface area contributed by atoms with Gasteiger partial charge in [-0.2, -0.15) is 0 Å². The van der Waals surface area contributed by atoms with E-state index < -0.39 is 0 Å². The lowest BCUT2D eigenvalue weighted by atomic mass is 9.96. The average Bonchev–Trinajstić information content (AvgIpc) is 2.05. The van der Waals surface area contributed by atoms with E-state index >= 15 is 0 Å². The second kappa shape index (κ2) is 3.39. The normalized spacial score (nSPS) is 23.0. The Morgan fingerprint density at radius 3 is 2.40 bits per heavy atom. The van der Waals surface area contributed by atoms with E-state index in [1.807, 2.05) is 0 Å². The third-order valence-corrected chi connectivity index (χ3v) is 1.98. The number of nitrogens with zero attached hydrogens (tertiary/aromatic N) is 2. The van der Waals surface area contributed by atoms with Crippen LogP contribution in [0.3, 0.4) is 0 Å². The lowest BCUT2D eigenvalue weighted by Gasteiger charge is -2.16. The van der Waals surface area contributed by atoms with Gasteiger partial charge in [-0.3, -0.25) is 0 Å². The third-order valence-electron chi connectivity index (χ3n) is 1.98. The fourth-order valence-electron chi connectivity index (χ4n) is 1.37. The van der Waals surface area contributed by atoms with E-state index in [0.717, 1.165) is 25.7 Å². The number of hydrogen-bond acceptors (Lipinski definition) is 2. The maximum atomic E-state index is 10.7. The van der Waals surface area contributed by atoms with Crippen LogP contribution >= 0.6 is 0 Å². The molecule has 0 aromatic rings. The molecule has 1 rings (SSSR count). The largest absolute Gasteiger partial charge is 0.597 e. The average molecular weight is 144 g/mol. The van der Waals surface area contributed by atoms with E-state index in [0.29, 0.717) is 4.86 Å². The highest BCUT2D eigenvalue weighted by Gasteiger charge is 2.21. The van der Waals surface area contributed by atoms with Crippen LogP contribution in [0.25, 0.3) is 0 Å². The van der Waals surface area contributed by atoms with Gasteiger partial charge in [0.1, 0.15) is 0 Å². The molecule has 0 bridgehead atoms. The Labute approximate surface area is 59.7 Å². The van der Waals surface area contributed by atoms with E-state index in [9.17, 15) is 5.21 Å². The van der Waals surface area contributed by atoms with Gasteiger partial charge in [-0.15, -0.1) is 0 Å². The van der Waals surface area contributed by atoms with Gasteiger partial charge in [0.15, 0.2) is 11.3 Å². The van der Waals surface area contributed by atoms with E-state index in [4.69, 9.17) is 5.21 Å². The lowest BCUT2D eigenvalue weighted by molar-refractivity contribution is -0.594. The van der Waals surface area contributed by atoms with Crippen LogP contribution in [0.15, 0.2) is 5.28 Å². The summed E-state index contributed by atoms with van der Waals surface area (Å²) in [5, 5.41) is 21.4.